The van der Waals surface area contributed by atoms with Gasteiger partial charge in [-0.25, -0.2) is 4.98 Å². The number of pyridine rings is 1. The van der Waals surface area contributed by atoms with Crippen molar-refractivity contribution >= 4 is 23.3 Å². The Hall–Kier alpha value is -3.24. The molecule has 0 bridgehead atoms. The van der Waals surface area contributed by atoms with Crippen molar-refractivity contribution in [1.29, 1.82) is 5.26 Å². The summed E-state index contributed by atoms with van der Waals surface area (Å²) in [6, 6.07) is 6.62. The molecule has 0 aliphatic carbocycles. The number of hydrogen-bond donors (Lipinski definition) is 0. The van der Waals surface area contributed by atoms with E-state index in [9.17, 15) is 5.26 Å². The second kappa shape index (κ2) is 11.5. The van der Waals surface area contributed by atoms with E-state index in [1.807, 2.05) is 31.3 Å². The lowest BCUT2D eigenvalue weighted by molar-refractivity contribution is 0.291. The lowest BCUT2D eigenvalue weighted by Gasteiger charge is -2.35. The summed E-state index contributed by atoms with van der Waals surface area (Å²) < 4.78 is 0. The summed E-state index contributed by atoms with van der Waals surface area (Å²) in [5, 5.41) is 16.2. The Balaban J connectivity index is 1.45. The number of hydrazone groups is 1. The van der Waals surface area contributed by atoms with Crippen molar-refractivity contribution in [3.8, 4) is 6.07 Å². The Morgan fingerprint density at radius 3 is 2.69 bits per heavy atom. The summed E-state index contributed by atoms with van der Waals surface area (Å²) in [6.07, 6.45) is 14.4. The normalized spacial score (nSPS) is 23.0. The molecule has 0 radical (unpaired) electrons. The molecule has 184 valence electrons. The van der Waals surface area contributed by atoms with E-state index < -0.39 is 0 Å². The zero-order valence-electron chi connectivity index (χ0n) is 21.4. The third-order valence-electron chi connectivity index (χ3n) is 6.91. The molecule has 2 atom stereocenters. The number of fused-ring (bicyclic) bond motifs is 1. The second-order valence-corrected chi connectivity index (χ2v) is 9.86. The van der Waals surface area contributed by atoms with Gasteiger partial charge >= 0.3 is 0 Å². The Morgan fingerprint density at radius 2 is 2.06 bits per heavy atom. The largest absolute Gasteiger partial charge is 0.354 e. The molecule has 3 aliphatic heterocycles. The first kappa shape index (κ1) is 24.9. The van der Waals surface area contributed by atoms with E-state index in [-0.39, 0.29) is 12.0 Å². The maximum absolute atomic E-state index is 9.69. The van der Waals surface area contributed by atoms with Crippen LogP contribution in [0.1, 0.15) is 39.2 Å². The van der Waals surface area contributed by atoms with Crippen molar-refractivity contribution in [3.63, 3.8) is 0 Å². The first-order valence-corrected chi connectivity index (χ1v) is 12.7. The second-order valence-electron chi connectivity index (χ2n) is 9.86. The monoisotopic (exact) mass is 471 g/mol. The minimum atomic E-state index is -0.254. The molecule has 0 N–H and O–H groups in total. The van der Waals surface area contributed by atoms with E-state index >= 15 is 0 Å². The van der Waals surface area contributed by atoms with Gasteiger partial charge in [0.2, 0.25) is 0 Å². The van der Waals surface area contributed by atoms with E-state index in [2.05, 4.69) is 70.3 Å². The van der Waals surface area contributed by atoms with E-state index in [1.165, 1.54) is 5.57 Å². The summed E-state index contributed by atoms with van der Waals surface area (Å²) in [7, 11) is 1.86. The summed E-state index contributed by atoms with van der Waals surface area (Å²) in [5.41, 5.74) is 4.58. The number of anilines is 1. The van der Waals surface area contributed by atoms with E-state index in [0.29, 0.717) is 5.92 Å². The van der Waals surface area contributed by atoms with Crippen LogP contribution in [0.4, 0.5) is 5.82 Å². The molecule has 1 aromatic heterocycles. The average Bonchev–Trinajstić information content (AvgIpc) is 3.30. The molecule has 2 unspecified atom stereocenters. The van der Waals surface area contributed by atoms with Gasteiger partial charge in [0.05, 0.1) is 12.1 Å². The minimum Gasteiger partial charge on any atom is -0.354 e. The van der Waals surface area contributed by atoms with Crippen molar-refractivity contribution in [1.82, 2.24) is 14.9 Å². The molecular formula is C28H37N7. The molecule has 0 saturated carbocycles. The van der Waals surface area contributed by atoms with Gasteiger partial charge in [0.15, 0.2) is 0 Å². The van der Waals surface area contributed by atoms with Gasteiger partial charge in [-0.2, -0.15) is 10.4 Å². The summed E-state index contributed by atoms with van der Waals surface area (Å²) in [5.74, 6) is 1.40. The van der Waals surface area contributed by atoms with Gasteiger partial charge in [-0.15, -0.1) is 0 Å². The van der Waals surface area contributed by atoms with Crippen LogP contribution in [0.15, 0.2) is 58.4 Å². The lowest BCUT2D eigenvalue weighted by Crippen LogP contribution is -2.48. The van der Waals surface area contributed by atoms with Crippen LogP contribution in [0.3, 0.4) is 0 Å². The Bertz CT molecular complexity index is 1060. The van der Waals surface area contributed by atoms with Crippen LogP contribution in [-0.4, -0.2) is 72.6 Å². The lowest BCUT2D eigenvalue weighted by atomic mass is 9.86. The molecule has 0 amide bonds. The minimum absolute atomic E-state index is 0.0782. The zero-order valence-corrected chi connectivity index (χ0v) is 21.4. The van der Waals surface area contributed by atoms with Crippen LogP contribution in [-0.2, 0) is 0 Å². The number of allylic oxidation sites excluding steroid dienone is 3. The van der Waals surface area contributed by atoms with Gasteiger partial charge in [-0.3, -0.25) is 14.9 Å². The van der Waals surface area contributed by atoms with Crippen molar-refractivity contribution in [2.45, 2.75) is 39.7 Å². The standard InChI is InChI=1S/C28H37N7/c1-5-6-25(30-4)20-33-11-13-34(14-12-33)27-10-9-23(17-31-27)26-15-22(8-7-21(2)3)19-35-28(26)24(16-29)18-32-35/h5-6,9-10,15,17-19,21,24,28H,7-8,11-14,20H2,1-4H3/b6-5-,30-25+. The highest BCUT2D eigenvalue weighted by atomic mass is 15.5. The van der Waals surface area contributed by atoms with Crippen molar-refractivity contribution in [3.05, 3.63) is 53.9 Å². The molecule has 0 spiro atoms. The van der Waals surface area contributed by atoms with Gasteiger partial charge < -0.3 is 4.90 Å². The van der Waals surface area contributed by atoms with Crippen LogP contribution >= 0.6 is 0 Å². The number of aliphatic imine (C=N–C) groups is 1. The smallest absolute Gasteiger partial charge is 0.128 e. The van der Waals surface area contributed by atoms with Gasteiger partial charge in [-0.05, 0) is 60.6 Å². The predicted molar refractivity (Wildman–Crippen MR) is 144 cm³/mol. The van der Waals surface area contributed by atoms with Gasteiger partial charge in [0, 0.05) is 64.1 Å². The van der Waals surface area contributed by atoms with Crippen molar-refractivity contribution in [2.24, 2.45) is 21.9 Å². The van der Waals surface area contributed by atoms with Crippen LogP contribution in [0.5, 0.6) is 0 Å². The number of nitrogens with zero attached hydrogens (tertiary/aromatic N) is 7. The first-order valence-electron chi connectivity index (χ1n) is 12.7. The van der Waals surface area contributed by atoms with Gasteiger partial charge in [0.1, 0.15) is 11.7 Å². The molecule has 1 fully saturated rings. The zero-order chi connectivity index (χ0) is 24.8. The molecular weight excluding hydrogens is 434 g/mol. The van der Waals surface area contributed by atoms with Crippen molar-refractivity contribution < 1.29 is 0 Å². The SMILES string of the molecule is C/C=C\C(CN1CCN(c2ccc(C3=CC(CCC(C)C)=CN4N=CC(C#N)C34)cn2)CC1)=N/C. The fraction of sp³-hybridized carbons (Fsp3) is 0.500. The number of rotatable bonds is 8. The summed E-state index contributed by atoms with van der Waals surface area (Å²) in [4.78, 5) is 14.0. The van der Waals surface area contributed by atoms with E-state index in [0.717, 1.165) is 68.2 Å². The molecule has 7 nitrogen and oxygen atoms in total. The highest BCUT2D eigenvalue weighted by Crippen LogP contribution is 2.37. The molecule has 4 heterocycles. The fourth-order valence-corrected chi connectivity index (χ4v) is 4.86. The Morgan fingerprint density at radius 1 is 1.26 bits per heavy atom. The molecule has 4 rings (SSSR count). The number of aromatic nitrogens is 1. The Kier molecular flexibility index (Phi) is 8.14. The third-order valence-corrected chi connectivity index (χ3v) is 6.91. The average molecular weight is 472 g/mol. The van der Waals surface area contributed by atoms with E-state index in [4.69, 9.17) is 4.98 Å². The molecule has 3 aliphatic rings. The van der Waals surface area contributed by atoms with Crippen LogP contribution in [0, 0.1) is 23.2 Å². The quantitative estimate of drug-likeness (QED) is 0.526. The van der Waals surface area contributed by atoms with Crippen LogP contribution in [0.25, 0.3) is 5.57 Å². The third kappa shape index (κ3) is 5.88. The number of hydrogen-bond acceptors (Lipinski definition) is 7. The predicted octanol–water partition coefficient (Wildman–Crippen LogP) is 4.38. The molecule has 35 heavy (non-hydrogen) atoms. The van der Waals surface area contributed by atoms with E-state index in [1.54, 1.807) is 6.21 Å². The maximum atomic E-state index is 9.69. The highest BCUT2D eigenvalue weighted by Gasteiger charge is 2.36. The number of piperazine rings is 1. The molecule has 1 saturated heterocycles. The summed E-state index contributed by atoms with van der Waals surface area (Å²) in [6.45, 7) is 11.3. The van der Waals surface area contributed by atoms with Crippen molar-refractivity contribution in [2.75, 3.05) is 44.7 Å². The maximum Gasteiger partial charge on any atom is 0.128 e. The first-order chi connectivity index (χ1) is 17.0. The molecule has 1 aromatic rings. The van der Waals surface area contributed by atoms with Gasteiger partial charge in [0.25, 0.3) is 0 Å². The highest BCUT2D eigenvalue weighted by molar-refractivity contribution is 5.96. The van der Waals surface area contributed by atoms with Gasteiger partial charge in [-0.1, -0.05) is 26.0 Å². The van der Waals surface area contributed by atoms with Crippen LogP contribution in [0.2, 0.25) is 0 Å². The molecule has 7 heteroatoms. The Labute approximate surface area is 209 Å². The summed E-state index contributed by atoms with van der Waals surface area (Å²) >= 11 is 0. The number of nitriles is 1. The van der Waals surface area contributed by atoms with Crippen LogP contribution < -0.4 is 4.90 Å². The molecule has 0 aromatic carbocycles. The fourth-order valence-electron chi connectivity index (χ4n) is 4.86. The topological polar surface area (TPSA) is 71.1 Å².